The second kappa shape index (κ2) is 7.98. The number of rotatable bonds is 8. The van der Waals surface area contributed by atoms with Gasteiger partial charge in [0.1, 0.15) is 0 Å². The Kier molecular flexibility index (Phi) is 6.92. The van der Waals surface area contributed by atoms with Crippen molar-refractivity contribution < 1.29 is 0 Å². The summed E-state index contributed by atoms with van der Waals surface area (Å²) in [5.74, 6) is 0.776. The van der Waals surface area contributed by atoms with Gasteiger partial charge in [-0.25, -0.2) is 4.98 Å². The maximum Gasteiger partial charge on any atom is 0.159 e. The molecule has 0 aliphatic heterocycles. The topological polar surface area (TPSA) is 24.9 Å². The van der Waals surface area contributed by atoms with Gasteiger partial charge in [-0.3, -0.25) is 0 Å². The predicted octanol–water partition coefficient (Wildman–Crippen LogP) is 3.99. The van der Waals surface area contributed by atoms with Crippen LogP contribution < -0.4 is 5.32 Å². The fourth-order valence-corrected chi connectivity index (χ4v) is 2.93. The van der Waals surface area contributed by atoms with E-state index in [4.69, 9.17) is 0 Å². The zero-order valence-corrected chi connectivity index (χ0v) is 12.1. The van der Waals surface area contributed by atoms with Crippen LogP contribution in [0.2, 0.25) is 0 Å². The van der Waals surface area contributed by atoms with Gasteiger partial charge in [-0.2, -0.15) is 0 Å². The summed E-state index contributed by atoms with van der Waals surface area (Å²) in [5, 5.41) is 3.45. The van der Waals surface area contributed by atoms with Gasteiger partial charge in [-0.05, 0) is 41.2 Å². The number of nitrogens with one attached hydrogen (secondary N) is 1. The van der Waals surface area contributed by atoms with Crippen molar-refractivity contribution in [2.24, 2.45) is 5.92 Å². The van der Waals surface area contributed by atoms with Crippen LogP contribution in [0.3, 0.4) is 0 Å². The van der Waals surface area contributed by atoms with E-state index >= 15 is 0 Å². The van der Waals surface area contributed by atoms with E-state index in [-0.39, 0.29) is 0 Å². The lowest BCUT2D eigenvalue weighted by Gasteiger charge is -2.12. The first-order valence-electron chi connectivity index (χ1n) is 5.68. The van der Waals surface area contributed by atoms with Crippen LogP contribution in [-0.2, 0) is 6.54 Å². The molecule has 0 saturated carbocycles. The molecule has 0 bridgehead atoms. The average Bonchev–Trinajstić information content (AvgIpc) is 2.69. The van der Waals surface area contributed by atoms with E-state index in [2.05, 4.69) is 39.7 Å². The molecule has 4 heteroatoms. The van der Waals surface area contributed by atoms with Crippen LogP contribution in [0.5, 0.6) is 0 Å². The first-order chi connectivity index (χ1) is 7.76. The predicted molar refractivity (Wildman–Crippen MR) is 74.7 cm³/mol. The number of thiazole rings is 1. The van der Waals surface area contributed by atoms with Crippen molar-refractivity contribution in [2.75, 3.05) is 6.54 Å². The fourth-order valence-electron chi connectivity index (χ4n) is 1.61. The Bertz CT molecular complexity index is 312. The Balaban J connectivity index is 2.13. The van der Waals surface area contributed by atoms with Crippen molar-refractivity contribution in [3.63, 3.8) is 0 Å². The lowest BCUT2D eigenvalue weighted by Crippen LogP contribution is -2.17. The third-order valence-corrected chi connectivity index (χ3v) is 4.11. The SMILES string of the molecule is C=CCC(CC)CCNCc1cnc(Br)s1. The summed E-state index contributed by atoms with van der Waals surface area (Å²) < 4.78 is 0.961. The maximum atomic E-state index is 4.16. The Morgan fingerprint density at radius 3 is 3.06 bits per heavy atom. The van der Waals surface area contributed by atoms with Crippen molar-refractivity contribution in [3.8, 4) is 0 Å². The van der Waals surface area contributed by atoms with Crippen molar-refractivity contribution in [2.45, 2.75) is 32.7 Å². The van der Waals surface area contributed by atoms with E-state index < -0.39 is 0 Å². The van der Waals surface area contributed by atoms with Gasteiger partial charge in [0.15, 0.2) is 3.92 Å². The molecule has 1 rings (SSSR count). The van der Waals surface area contributed by atoms with Gasteiger partial charge in [0, 0.05) is 17.6 Å². The number of hydrogen-bond donors (Lipinski definition) is 1. The quantitative estimate of drug-likeness (QED) is 0.580. The molecule has 1 N–H and O–H groups in total. The van der Waals surface area contributed by atoms with Gasteiger partial charge < -0.3 is 5.32 Å². The van der Waals surface area contributed by atoms with Crippen LogP contribution in [0.25, 0.3) is 0 Å². The minimum absolute atomic E-state index is 0.776. The minimum Gasteiger partial charge on any atom is -0.312 e. The van der Waals surface area contributed by atoms with E-state index in [0.29, 0.717) is 0 Å². The molecular weight excluding hydrogens is 284 g/mol. The number of halogens is 1. The molecule has 0 radical (unpaired) electrons. The van der Waals surface area contributed by atoms with E-state index in [1.165, 1.54) is 17.7 Å². The maximum absolute atomic E-state index is 4.16. The lowest BCUT2D eigenvalue weighted by molar-refractivity contribution is 0.456. The van der Waals surface area contributed by atoms with Gasteiger partial charge in [-0.15, -0.1) is 17.9 Å². The van der Waals surface area contributed by atoms with Gasteiger partial charge in [0.2, 0.25) is 0 Å². The van der Waals surface area contributed by atoms with E-state index in [0.717, 1.165) is 29.3 Å². The third kappa shape index (κ3) is 5.23. The van der Waals surface area contributed by atoms with Gasteiger partial charge >= 0.3 is 0 Å². The summed E-state index contributed by atoms with van der Waals surface area (Å²) >= 11 is 5.05. The number of nitrogens with zero attached hydrogens (tertiary/aromatic N) is 1. The van der Waals surface area contributed by atoms with Gasteiger partial charge in [-0.1, -0.05) is 19.4 Å². The molecule has 0 saturated heterocycles. The van der Waals surface area contributed by atoms with Crippen LogP contribution in [-0.4, -0.2) is 11.5 Å². The summed E-state index contributed by atoms with van der Waals surface area (Å²) in [6.45, 7) is 8.04. The number of hydrogen-bond acceptors (Lipinski definition) is 3. The number of aromatic nitrogens is 1. The lowest BCUT2D eigenvalue weighted by atomic mass is 9.99. The standard InChI is InChI=1S/C12H19BrN2S/c1-3-5-10(4-2)6-7-14-8-11-9-15-12(13)16-11/h3,9-10,14H,1,4-8H2,2H3. The monoisotopic (exact) mass is 302 g/mol. The highest BCUT2D eigenvalue weighted by atomic mass is 79.9. The summed E-state index contributed by atoms with van der Waals surface area (Å²) in [5.41, 5.74) is 0. The van der Waals surface area contributed by atoms with Crippen LogP contribution in [0.15, 0.2) is 22.8 Å². The first kappa shape index (κ1) is 13.9. The van der Waals surface area contributed by atoms with Crippen molar-refractivity contribution in [3.05, 3.63) is 27.6 Å². The number of allylic oxidation sites excluding steroid dienone is 1. The Labute approximate surface area is 110 Å². The zero-order valence-electron chi connectivity index (χ0n) is 9.71. The van der Waals surface area contributed by atoms with E-state index in [1.54, 1.807) is 11.3 Å². The fraction of sp³-hybridized carbons (Fsp3) is 0.583. The van der Waals surface area contributed by atoms with Gasteiger partial charge in [0.05, 0.1) is 0 Å². The molecule has 1 heterocycles. The van der Waals surface area contributed by atoms with E-state index in [1.807, 2.05) is 12.3 Å². The Morgan fingerprint density at radius 1 is 1.69 bits per heavy atom. The van der Waals surface area contributed by atoms with Crippen LogP contribution in [0.4, 0.5) is 0 Å². The highest BCUT2D eigenvalue weighted by molar-refractivity contribution is 9.11. The minimum atomic E-state index is 0.776. The first-order valence-corrected chi connectivity index (χ1v) is 7.29. The molecule has 2 nitrogen and oxygen atoms in total. The van der Waals surface area contributed by atoms with Crippen LogP contribution in [0, 0.1) is 5.92 Å². The smallest absolute Gasteiger partial charge is 0.159 e. The van der Waals surface area contributed by atoms with Crippen LogP contribution >= 0.6 is 27.3 Å². The average molecular weight is 303 g/mol. The molecule has 0 spiro atoms. The molecule has 16 heavy (non-hydrogen) atoms. The summed E-state index contributed by atoms with van der Waals surface area (Å²) in [7, 11) is 0. The second-order valence-corrected chi connectivity index (χ2v) is 6.23. The Morgan fingerprint density at radius 2 is 2.50 bits per heavy atom. The van der Waals surface area contributed by atoms with Gasteiger partial charge in [0.25, 0.3) is 0 Å². The van der Waals surface area contributed by atoms with Crippen molar-refractivity contribution >= 4 is 27.3 Å². The van der Waals surface area contributed by atoms with Crippen molar-refractivity contribution in [1.82, 2.24) is 10.3 Å². The highest BCUT2D eigenvalue weighted by Gasteiger charge is 2.04. The molecule has 1 unspecified atom stereocenters. The molecular formula is C12H19BrN2S. The largest absolute Gasteiger partial charge is 0.312 e. The molecule has 0 aliphatic rings. The van der Waals surface area contributed by atoms with Crippen LogP contribution in [0.1, 0.15) is 31.1 Å². The molecule has 0 aliphatic carbocycles. The molecule has 1 aromatic heterocycles. The molecule has 0 aromatic carbocycles. The third-order valence-electron chi connectivity index (χ3n) is 2.63. The molecule has 90 valence electrons. The summed E-state index contributed by atoms with van der Waals surface area (Å²) in [6.07, 6.45) is 7.53. The Hall–Kier alpha value is -0.190. The molecule has 0 amide bonds. The summed E-state index contributed by atoms with van der Waals surface area (Å²) in [6, 6.07) is 0. The second-order valence-electron chi connectivity index (χ2n) is 3.84. The summed E-state index contributed by atoms with van der Waals surface area (Å²) in [4.78, 5) is 5.44. The molecule has 0 fully saturated rings. The van der Waals surface area contributed by atoms with Crippen molar-refractivity contribution in [1.29, 1.82) is 0 Å². The molecule has 1 aromatic rings. The molecule has 1 atom stereocenters. The normalized spacial score (nSPS) is 12.6. The van der Waals surface area contributed by atoms with E-state index in [9.17, 15) is 0 Å². The highest BCUT2D eigenvalue weighted by Crippen LogP contribution is 2.18. The zero-order chi connectivity index (χ0) is 11.8.